The highest BCUT2D eigenvalue weighted by atomic mass is 15.0. The Morgan fingerprint density at radius 2 is 1.13 bits per heavy atom. The third-order valence-electron chi connectivity index (χ3n) is 1.59. The van der Waals surface area contributed by atoms with Gasteiger partial charge in [-0.2, -0.15) is 0 Å². The minimum atomic E-state index is 0.312. The monoisotopic (exact) mass is 212 g/mol. The van der Waals surface area contributed by atoms with Crippen molar-refractivity contribution in [2.75, 3.05) is 26.2 Å². The second-order valence-corrected chi connectivity index (χ2v) is 4.05. The maximum Gasteiger partial charge on any atom is 0.0897 e. The molecule has 0 aromatic heterocycles. The second-order valence-electron chi connectivity index (χ2n) is 4.05. The van der Waals surface area contributed by atoms with Crippen LogP contribution in [-0.2, 0) is 0 Å². The minimum absolute atomic E-state index is 0.312. The van der Waals surface area contributed by atoms with Gasteiger partial charge in [-0.1, -0.05) is 0 Å². The molecule has 1 rings (SSSR count). The average Bonchev–Trinajstić information content (AvgIpc) is 2.20. The van der Waals surface area contributed by atoms with Gasteiger partial charge in [0.25, 0.3) is 0 Å². The van der Waals surface area contributed by atoms with Crippen LogP contribution < -0.4 is 10.6 Å². The van der Waals surface area contributed by atoms with Crippen LogP contribution in [0.2, 0.25) is 0 Å². The Morgan fingerprint density at radius 3 is 1.33 bits per heavy atom. The van der Waals surface area contributed by atoms with Crippen molar-refractivity contribution >= 4 is 6.01 Å². The maximum atomic E-state index is 3.95. The van der Waals surface area contributed by atoms with Crippen LogP contribution in [0.4, 0.5) is 0 Å². The van der Waals surface area contributed by atoms with Gasteiger partial charge in [0.2, 0.25) is 0 Å². The SMILES string of the molecule is C1CNCCN1.CC(C)N=C=NC(C)C. The third kappa shape index (κ3) is 13.3. The molecule has 0 aromatic rings. The van der Waals surface area contributed by atoms with Gasteiger partial charge in [-0.15, -0.1) is 0 Å². The van der Waals surface area contributed by atoms with E-state index in [1.807, 2.05) is 27.7 Å². The number of nitrogens with zero attached hydrogens (tertiary/aromatic N) is 2. The van der Waals surface area contributed by atoms with E-state index in [2.05, 4.69) is 26.6 Å². The van der Waals surface area contributed by atoms with Crippen molar-refractivity contribution in [3.05, 3.63) is 0 Å². The van der Waals surface area contributed by atoms with Gasteiger partial charge < -0.3 is 10.6 Å². The Morgan fingerprint density at radius 1 is 0.800 bits per heavy atom. The quantitative estimate of drug-likeness (QED) is 0.675. The topological polar surface area (TPSA) is 48.8 Å². The van der Waals surface area contributed by atoms with Crippen molar-refractivity contribution < 1.29 is 0 Å². The normalized spacial score (nSPS) is 15.3. The van der Waals surface area contributed by atoms with Crippen molar-refractivity contribution in [3.8, 4) is 0 Å². The minimum Gasteiger partial charge on any atom is -0.314 e. The summed E-state index contributed by atoms with van der Waals surface area (Å²) in [4.78, 5) is 7.90. The number of hydrogen-bond donors (Lipinski definition) is 2. The molecule has 0 atom stereocenters. The van der Waals surface area contributed by atoms with Crippen molar-refractivity contribution in [2.45, 2.75) is 39.8 Å². The number of aliphatic imine (C=N–C) groups is 2. The molecule has 0 unspecified atom stereocenters. The fraction of sp³-hybridized carbons (Fsp3) is 0.909. The Labute approximate surface area is 93.3 Å². The van der Waals surface area contributed by atoms with Crippen LogP contribution in [0, 0.1) is 0 Å². The zero-order valence-electron chi connectivity index (χ0n) is 10.4. The lowest BCUT2D eigenvalue weighted by Crippen LogP contribution is -2.39. The smallest absolute Gasteiger partial charge is 0.0897 e. The molecule has 2 N–H and O–H groups in total. The number of piperazine rings is 1. The first-order valence-electron chi connectivity index (χ1n) is 5.69. The molecule has 0 spiro atoms. The van der Waals surface area contributed by atoms with Crippen molar-refractivity contribution in [2.24, 2.45) is 9.98 Å². The molecule has 0 aromatic carbocycles. The van der Waals surface area contributed by atoms with Gasteiger partial charge in [0.15, 0.2) is 0 Å². The Hall–Kier alpha value is -0.700. The molecular weight excluding hydrogens is 188 g/mol. The van der Waals surface area contributed by atoms with Gasteiger partial charge in [-0.25, -0.2) is 9.98 Å². The summed E-state index contributed by atoms with van der Waals surface area (Å²) in [5, 5.41) is 6.44. The lowest BCUT2D eigenvalue weighted by molar-refractivity contribution is 0.534. The molecule has 0 bridgehead atoms. The van der Waals surface area contributed by atoms with E-state index in [0.717, 1.165) is 26.2 Å². The standard InChI is InChI=1S/C7H14N2.C4H10N2/c1-6(2)8-5-9-7(3)4;1-2-6-4-3-5-1/h6-7H,1-4H3;5-6H,1-4H2. The molecule has 15 heavy (non-hydrogen) atoms. The predicted molar refractivity (Wildman–Crippen MR) is 65.9 cm³/mol. The summed E-state index contributed by atoms with van der Waals surface area (Å²) in [5.41, 5.74) is 0. The summed E-state index contributed by atoms with van der Waals surface area (Å²) in [6, 6.07) is 3.26. The first-order valence-corrected chi connectivity index (χ1v) is 5.69. The van der Waals surface area contributed by atoms with Crippen LogP contribution >= 0.6 is 0 Å². The van der Waals surface area contributed by atoms with Gasteiger partial charge in [0.1, 0.15) is 0 Å². The molecule has 1 saturated heterocycles. The van der Waals surface area contributed by atoms with Gasteiger partial charge >= 0.3 is 0 Å². The Balaban J connectivity index is 0.000000280. The third-order valence-corrected chi connectivity index (χ3v) is 1.59. The van der Waals surface area contributed by atoms with Gasteiger partial charge in [-0.3, -0.25) is 0 Å². The first kappa shape index (κ1) is 14.3. The highest BCUT2D eigenvalue weighted by molar-refractivity contribution is 5.41. The van der Waals surface area contributed by atoms with Crippen LogP contribution in [0.5, 0.6) is 0 Å². The van der Waals surface area contributed by atoms with Crippen LogP contribution in [0.25, 0.3) is 0 Å². The van der Waals surface area contributed by atoms with E-state index < -0.39 is 0 Å². The maximum absolute atomic E-state index is 3.95. The van der Waals surface area contributed by atoms with Gasteiger partial charge in [-0.05, 0) is 27.7 Å². The van der Waals surface area contributed by atoms with E-state index >= 15 is 0 Å². The van der Waals surface area contributed by atoms with Crippen molar-refractivity contribution in [3.63, 3.8) is 0 Å². The Kier molecular flexibility index (Phi) is 9.38. The van der Waals surface area contributed by atoms with E-state index in [1.54, 1.807) is 0 Å². The Bertz CT molecular complexity index is 165. The molecule has 0 saturated carbocycles. The van der Waals surface area contributed by atoms with E-state index in [1.165, 1.54) is 0 Å². The number of rotatable bonds is 2. The molecule has 1 aliphatic rings. The van der Waals surface area contributed by atoms with Crippen molar-refractivity contribution in [1.82, 2.24) is 10.6 Å². The molecule has 1 aliphatic heterocycles. The zero-order chi connectivity index (χ0) is 11.5. The highest BCUT2D eigenvalue weighted by Gasteiger charge is 1.91. The molecule has 0 aliphatic carbocycles. The van der Waals surface area contributed by atoms with Crippen molar-refractivity contribution in [1.29, 1.82) is 0 Å². The largest absolute Gasteiger partial charge is 0.314 e. The number of nitrogens with one attached hydrogen (secondary N) is 2. The summed E-state index contributed by atoms with van der Waals surface area (Å²) in [6.07, 6.45) is 0. The highest BCUT2D eigenvalue weighted by Crippen LogP contribution is 1.84. The molecule has 0 amide bonds. The van der Waals surface area contributed by atoms with Gasteiger partial charge in [0, 0.05) is 26.2 Å². The molecule has 1 fully saturated rings. The first-order chi connectivity index (χ1) is 7.13. The average molecular weight is 212 g/mol. The lowest BCUT2D eigenvalue weighted by Gasteiger charge is -2.11. The summed E-state index contributed by atoms with van der Waals surface area (Å²) in [7, 11) is 0. The van der Waals surface area contributed by atoms with E-state index in [9.17, 15) is 0 Å². The lowest BCUT2D eigenvalue weighted by atomic mass is 10.4. The van der Waals surface area contributed by atoms with E-state index in [4.69, 9.17) is 0 Å². The number of hydrogen-bond acceptors (Lipinski definition) is 4. The molecule has 0 radical (unpaired) electrons. The molecule has 4 nitrogen and oxygen atoms in total. The van der Waals surface area contributed by atoms with E-state index in [-0.39, 0.29) is 0 Å². The van der Waals surface area contributed by atoms with Crippen LogP contribution in [0.3, 0.4) is 0 Å². The fourth-order valence-electron chi connectivity index (χ4n) is 0.868. The van der Waals surface area contributed by atoms with Crippen LogP contribution in [-0.4, -0.2) is 44.3 Å². The summed E-state index contributed by atoms with van der Waals surface area (Å²) < 4.78 is 0. The summed E-state index contributed by atoms with van der Waals surface area (Å²) in [5.74, 6) is 0. The molecule has 1 heterocycles. The van der Waals surface area contributed by atoms with E-state index in [0.29, 0.717) is 12.1 Å². The molecular formula is C11H24N4. The molecule has 88 valence electrons. The molecule has 4 heteroatoms. The zero-order valence-corrected chi connectivity index (χ0v) is 10.4. The summed E-state index contributed by atoms with van der Waals surface area (Å²) in [6.45, 7) is 12.6. The van der Waals surface area contributed by atoms with Crippen LogP contribution in [0.15, 0.2) is 9.98 Å². The summed E-state index contributed by atoms with van der Waals surface area (Å²) >= 11 is 0. The predicted octanol–water partition coefficient (Wildman–Crippen LogP) is 1.16. The fourth-order valence-corrected chi connectivity index (χ4v) is 0.868. The second kappa shape index (κ2) is 9.84. The van der Waals surface area contributed by atoms with Gasteiger partial charge in [0.05, 0.1) is 18.1 Å². The van der Waals surface area contributed by atoms with Crippen LogP contribution in [0.1, 0.15) is 27.7 Å².